The summed E-state index contributed by atoms with van der Waals surface area (Å²) in [5.74, 6) is 1.03. The molecule has 0 radical (unpaired) electrons. The van der Waals surface area contributed by atoms with Crippen molar-refractivity contribution < 1.29 is 46.3 Å². The molecule has 2 aliphatic heterocycles. The molecular weight excluding hydrogens is 591 g/mol. The van der Waals surface area contributed by atoms with Crippen molar-refractivity contribution >= 4 is 41.7 Å². The van der Waals surface area contributed by atoms with Crippen LogP contribution in [0.15, 0.2) is 72.8 Å². The zero-order valence-corrected chi connectivity index (χ0v) is 24.5. The quantitative estimate of drug-likeness (QED) is 0.131. The van der Waals surface area contributed by atoms with Gasteiger partial charge in [0.15, 0.2) is 12.4 Å². The monoisotopic (exact) mass is 617 g/mol. The third-order valence-electron chi connectivity index (χ3n) is 6.99. The molecule has 4 aromatic carbocycles. The van der Waals surface area contributed by atoms with Crippen molar-refractivity contribution in [2.75, 3.05) is 0 Å². The van der Waals surface area contributed by atoms with Crippen LogP contribution in [0.1, 0.15) is 38.9 Å². The number of ether oxygens (including phenoxy) is 2. The van der Waals surface area contributed by atoms with E-state index in [9.17, 15) is 32.9 Å². The van der Waals surface area contributed by atoms with Crippen LogP contribution in [-0.2, 0) is 6.18 Å². The predicted molar refractivity (Wildman–Crippen MR) is 159 cm³/mol. The topological polar surface area (TPSA) is 102 Å². The predicted octanol–water partition coefficient (Wildman–Crippen LogP) is 8.08. The van der Waals surface area contributed by atoms with E-state index < -0.39 is 28.8 Å². The number of amides is 2. The average Bonchev–Trinajstić information content (AvgIpc) is 3.45. The fourth-order valence-corrected chi connectivity index (χ4v) is 4.94. The van der Waals surface area contributed by atoms with Crippen molar-refractivity contribution in [2.45, 2.75) is 33.9 Å². The van der Waals surface area contributed by atoms with Crippen LogP contribution in [0, 0.1) is 37.8 Å². The van der Waals surface area contributed by atoms with Gasteiger partial charge in [0.25, 0.3) is 17.1 Å². The molecular formula is C33H26F3N3O6+2. The number of hydrogen-bond donors (Lipinski definition) is 0. The van der Waals surface area contributed by atoms with Crippen LogP contribution in [-0.4, -0.2) is 38.7 Å². The van der Waals surface area contributed by atoms with E-state index in [0.29, 0.717) is 34.0 Å². The van der Waals surface area contributed by atoms with Crippen LogP contribution in [0.3, 0.4) is 0 Å². The molecule has 2 heterocycles. The standard InChI is InChI=1S/C17H13F3NO2.C16H13N2O4/c1-10-7-11(2)15-14(8-10)21(16(22)23-15)9-12-3-5-13(6-4-12)17(18,19)20;1-10-7-11(2)15-14(8-10)17(16(19)22-15)9-12-3-5-13(6-4-12)18(20)21/h3-9H,1-2H3;3-9H,1-2H3/q2*+1/b21-9+;17-9+. The average molecular weight is 618 g/mol. The maximum atomic E-state index is 12.6. The molecule has 45 heavy (non-hydrogen) atoms. The molecule has 0 unspecified atom stereocenters. The summed E-state index contributed by atoms with van der Waals surface area (Å²) >= 11 is 0. The fourth-order valence-electron chi connectivity index (χ4n) is 4.94. The normalized spacial score (nSPS) is 15.3. The molecule has 0 bridgehead atoms. The van der Waals surface area contributed by atoms with Gasteiger partial charge in [0.2, 0.25) is 11.5 Å². The van der Waals surface area contributed by atoms with Crippen LogP contribution in [0.4, 0.5) is 39.8 Å². The van der Waals surface area contributed by atoms with Crippen molar-refractivity contribution in [3.8, 4) is 11.5 Å². The molecule has 4 aromatic rings. The van der Waals surface area contributed by atoms with Gasteiger partial charge >= 0.3 is 18.4 Å². The van der Waals surface area contributed by atoms with Gasteiger partial charge in [0.05, 0.1) is 10.5 Å². The first kappa shape index (κ1) is 30.8. The molecule has 0 N–H and O–H groups in total. The highest BCUT2D eigenvalue weighted by Gasteiger charge is 2.39. The Labute approximate surface area is 255 Å². The number of nitrogens with zero attached hydrogens (tertiary/aromatic N) is 3. The lowest BCUT2D eigenvalue weighted by atomic mass is 10.1. The van der Waals surface area contributed by atoms with E-state index in [1.807, 2.05) is 45.9 Å². The van der Waals surface area contributed by atoms with Crippen molar-refractivity contribution in [2.24, 2.45) is 0 Å². The number of halogens is 3. The van der Waals surface area contributed by atoms with E-state index in [0.717, 1.165) is 34.4 Å². The smallest absolute Gasteiger partial charge is 0.365 e. The van der Waals surface area contributed by atoms with Gasteiger partial charge in [-0.1, -0.05) is 21.3 Å². The Morgan fingerprint density at radius 2 is 1.09 bits per heavy atom. The molecule has 228 valence electrons. The Morgan fingerprint density at radius 3 is 1.47 bits per heavy atom. The number of non-ortho nitro benzene ring substituents is 1. The van der Waals surface area contributed by atoms with Crippen LogP contribution >= 0.6 is 0 Å². The summed E-state index contributed by atoms with van der Waals surface area (Å²) in [6.07, 6.45) is -2.37. The maximum absolute atomic E-state index is 12.6. The summed E-state index contributed by atoms with van der Waals surface area (Å²) < 4.78 is 51.0. The van der Waals surface area contributed by atoms with Crippen LogP contribution < -0.4 is 9.47 Å². The number of carbonyl (C=O) groups excluding carboxylic acids is 2. The van der Waals surface area contributed by atoms with Crippen molar-refractivity contribution in [1.29, 1.82) is 0 Å². The minimum absolute atomic E-state index is 0.00763. The van der Waals surface area contributed by atoms with Gasteiger partial charge in [-0.25, -0.2) is 0 Å². The third-order valence-corrected chi connectivity index (χ3v) is 6.99. The van der Waals surface area contributed by atoms with Gasteiger partial charge < -0.3 is 9.47 Å². The van der Waals surface area contributed by atoms with E-state index in [4.69, 9.17) is 9.47 Å². The van der Waals surface area contributed by atoms with E-state index in [2.05, 4.69) is 0 Å². The lowest BCUT2D eigenvalue weighted by Crippen LogP contribution is -2.14. The summed E-state index contributed by atoms with van der Waals surface area (Å²) in [4.78, 5) is 34.3. The fraction of sp³-hybridized carbons (Fsp3) is 0.152. The Balaban J connectivity index is 0.000000178. The second-order valence-electron chi connectivity index (χ2n) is 10.6. The molecule has 2 aliphatic rings. The van der Waals surface area contributed by atoms with Gasteiger partial charge in [-0.3, -0.25) is 10.1 Å². The van der Waals surface area contributed by atoms with Crippen molar-refractivity contribution in [3.05, 3.63) is 122 Å². The molecule has 12 heteroatoms. The highest BCUT2D eigenvalue weighted by Crippen LogP contribution is 2.39. The molecule has 0 spiro atoms. The first-order valence-electron chi connectivity index (χ1n) is 13.6. The van der Waals surface area contributed by atoms with Gasteiger partial charge in [0, 0.05) is 35.4 Å². The van der Waals surface area contributed by atoms with Crippen LogP contribution in [0.25, 0.3) is 0 Å². The highest BCUT2D eigenvalue weighted by molar-refractivity contribution is 5.87. The van der Waals surface area contributed by atoms with Crippen LogP contribution in [0.2, 0.25) is 0 Å². The van der Waals surface area contributed by atoms with Crippen molar-refractivity contribution in [3.63, 3.8) is 0 Å². The number of aryl methyl sites for hydroxylation is 4. The lowest BCUT2D eigenvalue weighted by Gasteiger charge is -2.05. The number of nitro benzene ring substituents is 1. The Bertz CT molecular complexity index is 1930. The summed E-state index contributed by atoms with van der Waals surface area (Å²) in [6, 6.07) is 18.1. The Morgan fingerprint density at radius 1 is 0.689 bits per heavy atom. The van der Waals surface area contributed by atoms with Crippen LogP contribution in [0.5, 0.6) is 11.5 Å². The Hall–Kier alpha value is -5.65. The minimum atomic E-state index is -4.38. The third kappa shape index (κ3) is 6.49. The van der Waals surface area contributed by atoms with Gasteiger partial charge in [-0.2, -0.15) is 22.8 Å². The van der Waals surface area contributed by atoms with E-state index in [1.165, 1.54) is 39.6 Å². The number of fused-ring (bicyclic) bond motifs is 2. The van der Waals surface area contributed by atoms with Gasteiger partial charge in [-0.15, -0.1) is 0 Å². The lowest BCUT2D eigenvalue weighted by molar-refractivity contribution is -0.384. The largest absolute Gasteiger partial charge is 0.608 e. The van der Waals surface area contributed by atoms with E-state index in [-0.39, 0.29) is 5.69 Å². The Kier molecular flexibility index (Phi) is 8.07. The van der Waals surface area contributed by atoms with E-state index >= 15 is 0 Å². The molecule has 0 aromatic heterocycles. The molecule has 0 saturated carbocycles. The molecule has 9 nitrogen and oxygen atoms in total. The summed E-state index contributed by atoms with van der Waals surface area (Å²) in [5, 5.41) is 10.7. The number of benzene rings is 4. The minimum Gasteiger partial charge on any atom is -0.365 e. The first-order valence-corrected chi connectivity index (χ1v) is 13.6. The number of rotatable bonds is 3. The zero-order valence-electron chi connectivity index (χ0n) is 24.5. The highest BCUT2D eigenvalue weighted by atomic mass is 19.4. The SMILES string of the molecule is Cc1cc(C)c2c(c1)/[N+](=C\c1ccc(C(F)(F)F)cc1)C(=O)O2.Cc1cc(C)c2c(c1)/[N+](=C\c1ccc([N+](=O)[O-])cc1)C(=O)O2. The molecule has 6 rings (SSSR count). The molecule has 0 saturated heterocycles. The van der Waals surface area contributed by atoms with E-state index in [1.54, 1.807) is 24.4 Å². The zero-order chi connectivity index (χ0) is 32.6. The number of alkyl halides is 3. The molecule has 0 fully saturated rings. The summed E-state index contributed by atoms with van der Waals surface area (Å²) in [7, 11) is 0. The summed E-state index contributed by atoms with van der Waals surface area (Å²) in [6.45, 7) is 7.56. The molecule has 0 atom stereocenters. The second kappa shape index (κ2) is 11.8. The molecule has 2 amide bonds. The molecule has 0 aliphatic carbocycles. The maximum Gasteiger partial charge on any atom is 0.608 e. The van der Waals surface area contributed by atoms with Gasteiger partial charge in [0.1, 0.15) is 0 Å². The van der Waals surface area contributed by atoms with Gasteiger partial charge in [-0.05, 0) is 86.3 Å². The second-order valence-corrected chi connectivity index (χ2v) is 10.6. The number of nitro groups is 1. The summed E-state index contributed by atoms with van der Waals surface area (Å²) in [5.41, 5.74) is 5.41. The number of hydrogen-bond acceptors (Lipinski definition) is 6. The number of carbonyl (C=O) groups is 2. The first-order chi connectivity index (χ1) is 21.2. The van der Waals surface area contributed by atoms with Crippen molar-refractivity contribution in [1.82, 2.24) is 0 Å².